The zero-order chi connectivity index (χ0) is 48.1. The first-order valence-corrected chi connectivity index (χ1v) is 21.6. The highest BCUT2D eigenvalue weighted by Crippen LogP contribution is 2.55. The van der Waals surface area contributed by atoms with Gasteiger partial charge in [-0.25, -0.2) is 9.59 Å². The first kappa shape index (κ1) is 49.2. The lowest BCUT2D eigenvalue weighted by atomic mass is 9.56. The maximum atomic E-state index is 14.8. The quantitative estimate of drug-likeness (QED) is 0.0923. The zero-order valence-electron chi connectivity index (χ0n) is 37.2. The Kier molecular flexibility index (Phi) is 15.0. The van der Waals surface area contributed by atoms with Gasteiger partial charge in [-0.1, -0.05) is 87.5 Å². The van der Waals surface area contributed by atoms with E-state index >= 15 is 0 Å². The molecule has 17 nitrogen and oxygen atoms in total. The molecular formula is C49H55NO16. The van der Waals surface area contributed by atoms with Crippen molar-refractivity contribution in [1.82, 2.24) is 5.32 Å². The van der Waals surface area contributed by atoms with Crippen molar-refractivity contribution in [2.75, 3.05) is 6.61 Å². The average molecular weight is 914 g/mol. The van der Waals surface area contributed by atoms with Crippen molar-refractivity contribution in [3.63, 3.8) is 0 Å². The molecule has 1 aliphatic heterocycles. The van der Waals surface area contributed by atoms with Crippen molar-refractivity contribution in [3.05, 3.63) is 119 Å². The fourth-order valence-corrected chi connectivity index (χ4v) is 9.14. The molecule has 2 aliphatic carbocycles. The summed E-state index contributed by atoms with van der Waals surface area (Å²) in [5.74, 6) is -8.32. The van der Waals surface area contributed by atoms with Gasteiger partial charge in [-0.05, 0) is 47.9 Å². The van der Waals surface area contributed by atoms with E-state index in [2.05, 4.69) is 5.32 Å². The molecule has 3 aromatic rings. The van der Waals surface area contributed by atoms with E-state index in [1.807, 2.05) is 0 Å². The molecule has 5 N–H and O–H groups in total. The number of amides is 1. The summed E-state index contributed by atoms with van der Waals surface area (Å²) in [4.78, 5) is 94.6. The van der Waals surface area contributed by atoms with Crippen molar-refractivity contribution < 1.29 is 77.7 Å². The van der Waals surface area contributed by atoms with Crippen LogP contribution >= 0.6 is 0 Å². The molecule has 2 fully saturated rings. The molecule has 1 heterocycles. The minimum atomic E-state index is -2.44. The predicted molar refractivity (Wildman–Crippen MR) is 231 cm³/mol. The third kappa shape index (κ3) is 10.2. The maximum Gasteiger partial charge on any atom is 0.338 e. The summed E-state index contributed by atoms with van der Waals surface area (Å²) < 4.78 is 29.9. The van der Waals surface area contributed by atoms with E-state index in [0.717, 1.165) is 6.92 Å². The summed E-state index contributed by atoms with van der Waals surface area (Å²) in [5.41, 5.74) is -5.37. The van der Waals surface area contributed by atoms with Crippen LogP contribution in [0.1, 0.15) is 99.0 Å². The fraction of sp³-hybridized carbons (Fsp3) is 0.449. The maximum absolute atomic E-state index is 14.8. The number of carbonyl (C=O) groups is 7. The number of fused-ring (bicyclic) bond motifs is 3. The lowest BCUT2D eigenvalue weighted by molar-refractivity contribution is -0.280. The van der Waals surface area contributed by atoms with Crippen molar-refractivity contribution in [2.24, 2.45) is 11.3 Å². The highest BCUT2D eigenvalue weighted by molar-refractivity contribution is 5.95. The molecule has 1 saturated carbocycles. The van der Waals surface area contributed by atoms with Crippen molar-refractivity contribution in [1.29, 1.82) is 0 Å². The van der Waals surface area contributed by atoms with Crippen LogP contribution in [0.3, 0.4) is 0 Å². The molecule has 1 saturated heterocycles. The van der Waals surface area contributed by atoms with Crippen molar-refractivity contribution >= 4 is 41.5 Å². The lowest BCUT2D eigenvalue weighted by Gasteiger charge is -2.57. The van der Waals surface area contributed by atoms with Crippen LogP contribution < -0.4 is 5.32 Å². The Labute approximate surface area is 381 Å². The standard InChI is InChI=1S/C49H55NO16/c1-27-33(52)23-35-48(26-62-35,66-29(3)51)25-36(64-45(59)32-19-13-8-14-20-32)49(61)24-34(28(2)39(47(49,4)5)43(41(27)56)65-38(55)22-21-37(53)54)63-46(60)42(57)40(30-15-9-6-10-16-30)50-44(58)31-17-11-7-12-18-31/h6-20,27,33-36,40,42-43,52,57,61H,21-26H2,1-5H3,(H,50,58)(H,53,54)/t27-,33+,34+,35-,36+,40+,42-,43-,48+,49-/m1/s1. The number of aliphatic hydroxyl groups excluding tert-OH is 2. The van der Waals surface area contributed by atoms with Crippen LogP contribution in [0.25, 0.3) is 0 Å². The topological polar surface area (TPSA) is 259 Å². The normalized spacial score (nSPS) is 28.0. The van der Waals surface area contributed by atoms with Crippen LogP contribution in [0, 0.1) is 11.3 Å². The van der Waals surface area contributed by atoms with Crippen LogP contribution in [-0.2, 0) is 47.7 Å². The number of hydrogen-bond donors (Lipinski definition) is 5. The van der Waals surface area contributed by atoms with E-state index in [-0.39, 0.29) is 35.3 Å². The second-order valence-electron chi connectivity index (χ2n) is 17.6. The number of hydrogen-bond acceptors (Lipinski definition) is 15. The summed E-state index contributed by atoms with van der Waals surface area (Å²) in [6.45, 7) is 6.66. The second kappa shape index (κ2) is 20.1. The van der Waals surface area contributed by atoms with Crippen molar-refractivity contribution in [3.8, 4) is 0 Å². The second-order valence-corrected chi connectivity index (χ2v) is 17.6. The SMILES string of the molecule is CC(=O)O[C@@]12CO[C@@H]1C[C@H](O)[C@@H](C)C(=O)[C@H](OC(=O)CCC(=O)O)C1=C(C)[C@@H](OC(=O)[C@H](O)[C@@H](NC(=O)c3ccccc3)c3ccccc3)C[C@@](O)([C@@H](OC(=O)c3ccccc3)C2)C1(C)C. The Balaban J connectivity index is 1.52. The number of benzene rings is 3. The summed E-state index contributed by atoms with van der Waals surface area (Å²) in [7, 11) is 0. The summed E-state index contributed by atoms with van der Waals surface area (Å²) in [5, 5.41) is 49.1. The monoisotopic (exact) mass is 913 g/mol. The number of rotatable bonds is 13. The summed E-state index contributed by atoms with van der Waals surface area (Å²) >= 11 is 0. The largest absolute Gasteiger partial charge is 0.481 e. The van der Waals surface area contributed by atoms with Crippen LogP contribution in [0.4, 0.5) is 0 Å². The fourth-order valence-electron chi connectivity index (χ4n) is 9.14. The number of ether oxygens (including phenoxy) is 5. The first-order chi connectivity index (χ1) is 31.2. The number of Topliss-reactive ketones (excluding diaryl/α,β-unsaturated/α-hetero) is 1. The Morgan fingerprint density at radius 2 is 1.44 bits per heavy atom. The predicted octanol–water partition coefficient (Wildman–Crippen LogP) is 3.97. The molecule has 6 rings (SSSR count). The molecule has 17 heteroatoms. The van der Waals surface area contributed by atoms with Gasteiger partial charge in [0.15, 0.2) is 23.6 Å². The number of carbonyl (C=O) groups excluding carboxylic acids is 6. The number of aliphatic hydroxyl groups is 3. The first-order valence-electron chi connectivity index (χ1n) is 21.6. The molecule has 2 bridgehead atoms. The Bertz CT molecular complexity index is 2330. The molecule has 352 valence electrons. The van der Waals surface area contributed by atoms with E-state index in [9.17, 15) is 54.0 Å². The lowest BCUT2D eigenvalue weighted by Crippen LogP contribution is -2.69. The van der Waals surface area contributed by atoms with Crippen LogP contribution in [0.2, 0.25) is 0 Å². The molecule has 1 amide bonds. The van der Waals surface area contributed by atoms with E-state index in [0.29, 0.717) is 5.56 Å². The Morgan fingerprint density at radius 3 is 2.00 bits per heavy atom. The van der Waals surface area contributed by atoms with E-state index in [1.165, 1.54) is 52.0 Å². The van der Waals surface area contributed by atoms with Gasteiger partial charge in [0.25, 0.3) is 5.91 Å². The summed E-state index contributed by atoms with van der Waals surface area (Å²) in [6.07, 6.45) is -12.7. The van der Waals surface area contributed by atoms with Gasteiger partial charge in [0, 0.05) is 43.1 Å². The third-order valence-corrected chi connectivity index (χ3v) is 13.0. The van der Waals surface area contributed by atoms with Gasteiger partial charge < -0.3 is 49.4 Å². The highest BCUT2D eigenvalue weighted by atomic mass is 16.6. The molecule has 10 atom stereocenters. The Hall–Kier alpha value is -6.27. The number of ketones is 1. The molecule has 66 heavy (non-hydrogen) atoms. The molecule has 0 spiro atoms. The number of carboxylic acids is 1. The van der Waals surface area contributed by atoms with E-state index < -0.39 is 132 Å². The van der Waals surface area contributed by atoms with E-state index in [4.69, 9.17) is 23.7 Å². The van der Waals surface area contributed by atoms with Crippen LogP contribution in [-0.4, -0.2) is 116 Å². The Morgan fingerprint density at radius 1 is 0.848 bits per heavy atom. The zero-order valence-corrected chi connectivity index (χ0v) is 37.2. The smallest absolute Gasteiger partial charge is 0.338 e. The van der Waals surface area contributed by atoms with Gasteiger partial charge in [0.05, 0.1) is 37.2 Å². The number of carboxylic acid groups (broad SMARTS) is 1. The van der Waals surface area contributed by atoms with Gasteiger partial charge >= 0.3 is 29.8 Å². The van der Waals surface area contributed by atoms with Gasteiger partial charge in [-0.15, -0.1) is 0 Å². The molecule has 0 aromatic heterocycles. The molecule has 0 unspecified atom stereocenters. The van der Waals surface area contributed by atoms with Crippen LogP contribution in [0.15, 0.2) is 102 Å². The van der Waals surface area contributed by atoms with Gasteiger partial charge in [-0.2, -0.15) is 0 Å². The molecule has 0 radical (unpaired) electrons. The number of esters is 4. The highest BCUT2D eigenvalue weighted by Gasteiger charge is 2.65. The van der Waals surface area contributed by atoms with E-state index in [1.54, 1.807) is 66.7 Å². The average Bonchev–Trinajstić information content (AvgIpc) is 3.29. The number of nitrogens with one attached hydrogen (secondary N) is 1. The third-order valence-electron chi connectivity index (χ3n) is 13.0. The number of aliphatic carboxylic acids is 1. The van der Waals surface area contributed by atoms with Gasteiger partial charge in [0.1, 0.15) is 23.9 Å². The minimum absolute atomic E-state index is 0.0608. The minimum Gasteiger partial charge on any atom is -0.481 e. The molecule has 3 aromatic carbocycles. The summed E-state index contributed by atoms with van der Waals surface area (Å²) in [6, 6.07) is 22.6. The molecule has 3 aliphatic rings. The van der Waals surface area contributed by atoms with Crippen molar-refractivity contribution in [2.45, 2.75) is 121 Å². The van der Waals surface area contributed by atoms with Gasteiger partial charge in [-0.3, -0.25) is 24.0 Å². The van der Waals surface area contributed by atoms with Gasteiger partial charge in [0.2, 0.25) is 0 Å². The van der Waals surface area contributed by atoms with Crippen LogP contribution in [0.5, 0.6) is 0 Å². The molecular weight excluding hydrogens is 859 g/mol.